The van der Waals surface area contributed by atoms with Crippen LogP contribution in [-0.2, 0) is 6.54 Å². The Balaban J connectivity index is 0.00000288. The Morgan fingerprint density at radius 3 is 2.83 bits per heavy atom. The second-order valence-electron chi connectivity index (χ2n) is 6.28. The van der Waals surface area contributed by atoms with E-state index in [-0.39, 0.29) is 29.7 Å². The summed E-state index contributed by atoms with van der Waals surface area (Å²) in [5.74, 6) is 2.23. The van der Waals surface area contributed by atoms with Crippen LogP contribution >= 0.6 is 24.0 Å². The van der Waals surface area contributed by atoms with E-state index in [0.717, 1.165) is 24.0 Å². The number of rotatable bonds is 5. The lowest BCUT2D eigenvalue weighted by molar-refractivity contribution is 0.324. The predicted molar refractivity (Wildman–Crippen MR) is 109 cm³/mol. The van der Waals surface area contributed by atoms with Crippen molar-refractivity contribution in [3.8, 4) is 11.5 Å². The average Bonchev–Trinajstić information content (AvgIpc) is 2.54. The number of para-hydroxylation sites is 1. The van der Waals surface area contributed by atoms with Crippen LogP contribution in [0.1, 0.15) is 45.1 Å². The lowest BCUT2D eigenvalue weighted by Crippen LogP contribution is -2.45. The standard InChI is InChI=1S/C18H29N3O2.HI/c1-4-19-18(21-15-9-5-7-13(2)11-15)20-12-14-8-6-10-16(23-3)17(14)22;/h6,8,10,13,15,22H,4-5,7,9,11-12H2,1-3H3,(H2,19,20,21);1H. The molecule has 0 aliphatic heterocycles. The topological polar surface area (TPSA) is 65.9 Å². The summed E-state index contributed by atoms with van der Waals surface area (Å²) in [5.41, 5.74) is 0.763. The lowest BCUT2D eigenvalue weighted by atomic mass is 9.87. The monoisotopic (exact) mass is 447 g/mol. The number of halogens is 1. The molecular weight excluding hydrogens is 417 g/mol. The van der Waals surface area contributed by atoms with Gasteiger partial charge in [0.25, 0.3) is 0 Å². The van der Waals surface area contributed by atoms with Crippen LogP contribution in [0, 0.1) is 5.92 Å². The van der Waals surface area contributed by atoms with E-state index in [1.807, 2.05) is 12.1 Å². The van der Waals surface area contributed by atoms with E-state index in [0.29, 0.717) is 18.3 Å². The van der Waals surface area contributed by atoms with Crippen molar-refractivity contribution in [1.29, 1.82) is 0 Å². The Labute approximate surface area is 162 Å². The maximum absolute atomic E-state index is 10.2. The highest BCUT2D eigenvalue weighted by Gasteiger charge is 2.19. The summed E-state index contributed by atoms with van der Waals surface area (Å²) in [6.07, 6.45) is 4.98. The molecule has 1 aromatic rings. The number of aliphatic imine (C=N–C) groups is 1. The molecule has 0 heterocycles. The highest BCUT2D eigenvalue weighted by molar-refractivity contribution is 14.0. The van der Waals surface area contributed by atoms with Crippen molar-refractivity contribution in [3.63, 3.8) is 0 Å². The molecule has 3 N–H and O–H groups in total. The third-order valence-corrected chi connectivity index (χ3v) is 4.33. The Hall–Kier alpha value is -1.18. The van der Waals surface area contributed by atoms with Crippen LogP contribution in [0.5, 0.6) is 11.5 Å². The highest BCUT2D eigenvalue weighted by Crippen LogP contribution is 2.29. The molecule has 1 saturated carbocycles. The molecule has 1 aromatic carbocycles. The van der Waals surface area contributed by atoms with Crippen LogP contribution in [0.2, 0.25) is 0 Å². The van der Waals surface area contributed by atoms with Crippen LogP contribution in [0.15, 0.2) is 23.2 Å². The SMILES string of the molecule is CCNC(=NCc1cccc(OC)c1O)NC1CCCC(C)C1.I. The first kappa shape index (κ1) is 20.9. The third-order valence-electron chi connectivity index (χ3n) is 4.33. The number of hydrogen-bond acceptors (Lipinski definition) is 3. The van der Waals surface area contributed by atoms with Gasteiger partial charge in [-0.25, -0.2) is 4.99 Å². The van der Waals surface area contributed by atoms with Crippen molar-refractivity contribution in [2.45, 2.75) is 52.1 Å². The summed E-state index contributed by atoms with van der Waals surface area (Å²) in [7, 11) is 1.55. The second-order valence-corrected chi connectivity index (χ2v) is 6.28. The van der Waals surface area contributed by atoms with E-state index >= 15 is 0 Å². The van der Waals surface area contributed by atoms with Crippen LogP contribution in [0.3, 0.4) is 0 Å². The number of aromatic hydroxyl groups is 1. The van der Waals surface area contributed by atoms with Gasteiger partial charge < -0.3 is 20.5 Å². The molecule has 1 fully saturated rings. The normalized spacial score (nSPS) is 20.9. The van der Waals surface area contributed by atoms with Crippen molar-refractivity contribution < 1.29 is 9.84 Å². The maximum atomic E-state index is 10.2. The van der Waals surface area contributed by atoms with Crippen molar-refractivity contribution in [2.24, 2.45) is 10.9 Å². The van der Waals surface area contributed by atoms with Gasteiger partial charge in [0.1, 0.15) is 0 Å². The Morgan fingerprint density at radius 1 is 1.38 bits per heavy atom. The predicted octanol–water partition coefficient (Wildman–Crippen LogP) is 3.65. The van der Waals surface area contributed by atoms with Crippen molar-refractivity contribution >= 4 is 29.9 Å². The number of ether oxygens (including phenoxy) is 1. The Kier molecular flexibility index (Phi) is 9.25. The lowest BCUT2D eigenvalue weighted by Gasteiger charge is -2.28. The number of hydrogen-bond donors (Lipinski definition) is 3. The van der Waals surface area contributed by atoms with E-state index in [1.54, 1.807) is 13.2 Å². The molecule has 0 radical (unpaired) electrons. The molecule has 1 aliphatic rings. The van der Waals surface area contributed by atoms with Gasteiger partial charge in [0, 0.05) is 18.2 Å². The van der Waals surface area contributed by atoms with Gasteiger partial charge in [-0.05, 0) is 31.7 Å². The van der Waals surface area contributed by atoms with E-state index in [2.05, 4.69) is 29.5 Å². The van der Waals surface area contributed by atoms with Gasteiger partial charge in [-0.15, -0.1) is 24.0 Å². The van der Waals surface area contributed by atoms with Crippen LogP contribution in [0.4, 0.5) is 0 Å². The van der Waals surface area contributed by atoms with Crippen LogP contribution < -0.4 is 15.4 Å². The molecule has 2 atom stereocenters. The molecule has 2 unspecified atom stereocenters. The minimum absolute atomic E-state index is 0. The summed E-state index contributed by atoms with van der Waals surface area (Å²) >= 11 is 0. The molecule has 24 heavy (non-hydrogen) atoms. The quantitative estimate of drug-likeness (QED) is 0.366. The zero-order valence-corrected chi connectivity index (χ0v) is 17.2. The van der Waals surface area contributed by atoms with Crippen molar-refractivity contribution in [1.82, 2.24) is 10.6 Å². The minimum Gasteiger partial charge on any atom is -0.504 e. The first-order valence-electron chi connectivity index (χ1n) is 8.53. The van der Waals surface area contributed by atoms with Gasteiger partial charge in [-0.1, -0.05) is 31.9 Å². The molecule has 6 heteroatoms. The summed E-state index contributed by atoms with van der Waals surface area (Å²) in [6, 6.07) is 5.96. The first-order valence-corrected chi connectivity index (χ1v) is 8.53. The number of nitrogens with zero attached hydrogens (tertiary/aromatic N) is 1. The molecule has 5 nitrogen and oxygen atoms in total. The molecule has 0 spiro atoms. The number of phenolic OH excluding ortho intramolecular Hbond substituents is 1. The summed E-state index contributed by atoms with van der Waals surface area (Å²) in [6.45, 7) is 5.61. The molecular formula is C18H30IN3O2. The van der Waals surface area contributed by atoms with E-state index in [9.17, 15) is 5.11 Å². The third kappa shape index (κ3) is 6.03. The zero-order chi connectivity index (χ0) is 16.7. The summed E-state index contributed by atoms with van der Waals surface area (Å²) in [5, 5.41) is 17.0. The van der Waals surface area contributed by atoms with E-state index < -0.39 is 0 Å². The van der Waals surface area contributed by atoms with Gasteiger partial charge in [0.2, 0.25) is 0 Å². The first-order chi connectivity index (χ1) is 11.1. The Morgan fingerprint density at radius 2 is 2.17 bits per heavy atom. The fraction of sp³-hybridized carbons (Fsp3) is 0.611. The molecule has 0 saturated heterocycles. The van der Waals surface area contributed by atoms with Gasteiger partial charge in [0.15, 0.2) is 17.5 Å². The average molecular weight is 447 g/mol. The number of guanidine groups is 1. The number of methoxy groups -OCH3 is 1. The van der Waals surface area contributed by atoms with Gasteiger partial charge in [-0.3, -0.25) is 0 Å². The maximum Gasteiger partial charge on any atom is 0.191 e. The van der Waals surface area contributed by atoms with E-state index in [4.69, 9.17) is 4.74 Å². The minimum atomic E-state index is 0. The molecule has 136 valence electrons. The molecule has 2 rings (SSSR count). The fourth-order valence-electron chi connectivity index (χ4n) is 3.10. The smallest absolute Gasteiger partial charge is 0.191 e. The summed E-state index contributed by atoms with van der Waals surface area (Å²) < 4.78 is 5.14. The largest absolute Gasteiger partial charge is 0.504 e. The molecule has 1 aliphatic carbocycles. The van der Waals surface area contributed by atoms with E-state index in [1.165, 1.54) is 25.7 Å². The van der Waals surface area contributed by atoms with Crippen molar-refractivity contribution in [2.75, 3.05) is 13.7 Å². The van der Waals surface area contributed by atoms with Crippen molar-refractivity contribution in [3.05, 3.63) is 23.8 Å². The molecule has 0 amide bonds. The number of phenols is 1. The van der Waals surface area contributed by atoms with Gasteiger partial charge in [-0.2, -0.15) is 0 Å². The van der Waals surface area contributed by atoms with Gasteiger partial charge in [0.05, 0.1) is 13.7 Å². The molecule has 0 aromatic heterocycles. The number of benzene rings is 1. The fourth-order valence-corrected chi connectivity index (χ4v) is 3.10. The highest BCUT2D eigenvalue weighted by atomic mass is 127. The van der Waals surface area contributed by atoms with Crippen LogP contribution in [-0.4, -0.2) is 30.8 Å². The van der Waals surface area contributed by atoms with Crippen LogP contribution in [0.25, 0.3) is 0 Å². The van der Waals surface area contributed by atoms with Gasteiger partial charge >= 0.3 is 0 Å². The molecule has 0 bridgehead atoms. The number of nitrogens with one attached hydrogen (secondary N) is 2. The Bertz CT molecular complexity index is 537. The second kappa shape index (κ2) is 10.6. The zero-order valence-electron chi connectivity index (χ0n) is 14.8. The summed E-state index contributed by atoms with van der Waals surface area (Å²) in [4.78, 5) is 4.62.